The number of aromatic nitrogens is 2. The highest BCUT2D eigenvalue weighted by Gasteiger charge is 2.27. The lowest BCUT2D eigenvalue weighted by atomic mass is 9.76. The summed E-state index contributed by atoms with van der Waals surface area (Å²) in [5, 5.41) is 4.18. The van der Waals surface area contributed by atoms with Crippen LogP contribution in [-0.4, -0.2) is 15.6 Å². The van der Waals surface area contributed by atoms with Crippen LogP contribution >= 0.6 is 0 Å². The van der Waals surface area contributed by atoms with Gasteiger partial charge in [-0.1, -0.05) is 19.8 Å². The summed E-state index contributed by atoms with van der Waals surface area (Å²) in [6.45, 7) is 2.24. The number of ketones is 1. The predicted molar refractivity (Wildman–Crippen MR) is 72.3 cm³/mol. The van der Waals surface area contributed by atoms with Crippen LogP contribution in [0.25, 0.3) is 0 Å². The highest BCUT2D eigenvalue weighted by molar-refractivity contribution is 5.81. The summed E-state index contributed by atoms with van der Waals surface area (Å²) in [5.74, 6) is 1.58. The molecule has 1 fully saturated rings. The molecule has 0 bridgehead atoms. The van der Waals surface area contributed by atoms with Gasteiger partial charge in [-0.25, -0.2) is 0 Å². The van der Waals surface area contributed by atoms with Crippen LogP contribution in [0.2, 0.25) is 0 Å². The highest BCUT2D eigenvalue weighted by Crippen LogP contribution is 2.32. The molecular weight excluding hydrogens is 224 g/mol. The van der Waals surface area contributed by atoms with E-state index in [0.717, 1.165) is 38.0 Å². The number of carbonyl (C=O) groups is 1. The van der Waals surface area contributed by atoms with Crippen molar-refractivity contribution in [1.29, 1.82) is 0 Å². The second kappa shape index (κ2) is 6.17. The smallest absolute Gasteiger partial charge is 0.136 e. The molecule has 100 valence electrons. The molecule has 0 saturated heterocycles. The third-order valence-corrected chi connectivity index (χ3v) is 4.11. The molecule has 1 aromatic rings. The van der Waals surface area contributed by atoms with Crippen LogP contribution < -0.4 is 0 Å². The molecule has 1 saturated carbocycles. The molecule has 3 heteroatoms. The van der Waals surface area contributed by atoms with Crippen molar-refractivity contribution >= 4 is 5.78 Å². The van der Waals surface area contributed by atoms with Crippen molar-refractivity contribution in [2.75, 3.05) is 0 Å². The predicted octanol–water partition coefficient (Wildman–Crippen LogP) is 3.14. The van der Waals surface area contributed by atoms with Gasteiger partial charge in [0.05, 0.1) is 6.20 Å². The second-order valence-corrected chi connectivity index (χ2v) is 5.65. The van der Waals surface area contributed by atoms with Crippen molar-refractivity contribution in [3.63, 3.8) is 0 Å². The zero-order valence-electron chi connectivity index (χ0n) is 11.6. The summed E-state index contributed by atoms with van der Waals surface area (Å²) < 4.78 is 1.83. The molecule has 1 aromatic heterocycles. The number of Topliss-reactive ketones (excluding diaryl/α,β-unsaturated/α-hetero) is 1. The summed E-state index contributed by atoms with van der Waals surface area (Å²) in [7, 11) is 1.94. The van der Waals surface area contributed by atoms with Gasteiger partial charge in [0, 0.05) is 25.6 Å². The summed E-state index contributed by atoms with van der Waals surface area (Å²) in [4.78, 5) is 11.9. The number of rotatable bonds is 5. The average Bonchev–Trinajstić information content (AvgIpc) is 2.76. The van der Waals surface area contributed by atoms with Crippen LogP contribution in [0.5, 0.6) is 0 Å². The number of nitrogens with zero attached hydrogens (tertiary/aromatic N) is 2. The molecule has 0 amide bonds. The molecule has 0 radical (unpaired) electrons. The van der Waals surface area contributed by atoms with Crippen molar-refractivity contribution in [3.05, 3.63) is 18.0 Å². The summed E-state index contributed by atoms with van der Waals surface area (Å²) in [5.41, 5.74) is 1.25. The summed E-state index contributed by atoms with van der Waals surface area (Å²) in [6, 6.07) is 0. The van der Waals surface area contributed by atoms with E-state index in [9.17, 15) is 4.79 Å². The van der Waals surface area contributed by atoms with E-state index in [-0.39, 0.29) is 0 Å². The van der Waals surface area contributed by atoms with E-state index in [1.165, 1.54) is 18.4 Å². The lowest BCUT2D eigenvalue weighted by Gasteiger charge is -2.27. The van der Waals surface area contributed by atoms with Crippen molar-refractivity contribution < 1.29 is 4.79 Å². The van der Waals surface area contributed by atoms with Gasteiger partial charge in [0.25, 0.3) is 0 Å². The molecule has 0 N–H and O–H groups in total. The highest BCUT2D eigenvalue weighted by atomic mass is 16.1. The molecule has 0 aromatic carbocycles. The Bertz CT molecular complexity index is 397. The van der Waals surface area contributed by atoms with E-state index in [1.54, 1.807) is 0 Å². The Morgan fingerprint density at radius 3 is 2.94 bits per heavy atom. The monoisotopic (exact) mass is 248 g/mol. The van der Waals surface area contributed by atoms with Crippen LogP contribution in [-0.2, 0) is 18.3 Å². The van der Waals surface area contributed by atoms with Gasteiger partial charge in [0.2, 0.25) is 0 Å². The summed E-state index contributed by atoms with van der Waals surface area (Å²) in [6.07, 6.45) is 11.5. The van der Waals surface area contributed by atoms with Crippen LogP contribution in [0, 0.1) is 11.8 Å². The Hall–Kier alpha value is -1.12. The van der Waals surface area contributed by atoms with E-state index in [0.29, 0.717) is 11.7 Å². The number of aryl methyl sites for hydroxylation is 2. The lowest BCUT2D eigenvalue weighted by molar-refractivity contribution is -0.125. The molecule has 3 nitrogen and oxygen atoms in total. The van der Waals surface area contributed by atoms with Crippen molar-refractivity contribution in [2.45, 2.75) is 51.9 Å². The molecule has 18 heavy (non-hydrogen) atoms. The Kier molecular flexibility index (Phi) is 4.56. The first-order valence-electron chi connectivity index (χ1n) is 7.19. The number of carbonyl (C=O) groups excluding carboxylic acids is 1. The molecule has 2 atom stereocenters. The van der Waals surface area contributed by atoms with Crippen LogP contribution in [0.15, 0.2) is 12.4 Å². The van der Waals surface area contributed by atoms with E-state index in [2.05, 4.69) is 18.2 Å². The van der Waals surface area contributed by atoms with Gasteiger partial charge in [-0.3, -0.25) is 9.48 Å². The average molecular weight is 248 g/mol. The largest absolute Gasteiger partial charge is 0.299 e. The molecule has 2 rings (SSSR count). The standard InChI is InChI=1S/C15H24N2O/c1-3-4-12-6-8-15(18)14(9-12)7-5-13-10-16-17(2)11-13/h10-12,14H,3-9H2,1-2H3. The molecule has 1 heterocycles. The normalized spacial score (nSPS) is 24.4. The molecule has 1 aliphatic carbocycles. The third-order valence-electron chi connectivity index (χ3n) is 4.11. The van der Waals surface area contributed by atoms with Gasteiger partial charge in [-0.2, -0.15) is 5.10 Å². The number of hydrogen-bond acceptors (Lipinski definition) is 2. The van der Waals surface area contributed by atoms with E-state index in [4.69, 9.17) is 0 Å². The summed E-state index contributed by atoms with van der Waals surface area (Å²) >= 11 is 0. The first-order valence-corrected chi connectivity index (χ1v) is 7.19. The van der Waals surface area contributed by atoms with Crippen LogP contribution in [0.1, 0.15) is 51.0 Å². The number of hydrogen-bond donors (Lipinski definition) is 0. The van der Waals surface area contributed by atoms with Crippen molar-refractivity contribution in [3.8, 4) is 0 Å². The zero-order chi connectivity index (χ0) is 13.0. The van der Waals surface area contributed by atoms with Crippen LogP contribution in [0.4, 0.5) is 0 Å². The van der Waals surface area contributed by atoms with Gasteiger partial charge in [-0.15, -0.1) is 0 Å². The topological polar surface area (TPSA) is 34.9 Å². The quantitative estimate of drug-likeness (QED) is 0.802. The molecule has 0 spiro atoms. The fourth-order valence-corrected chi connectivity index (χ4v) is 3.09. The zero-order valence-corrected chi connectivity index (χ0v) is 11.6. The SMILES string of the molecule is CCCC1CCC(=O)C(CCc2cnn(C)c2)C1. The molecule has 1 aliphatic rings. The van der Waals surface area contributed by atoms with Crippen molar-refractivity contribution in [1.82, 2.24) is 9.78 Å². The first-order chi connectivity index (χ1) is 8.69. The maximum absolute atomic E-state index is 11.9. The Balaban J connectivity index is 1.84. The van der Waals surface area contributed by atoms with Gasteiger partial charge in [0.15, 0.2) is 0 Å². The fourth-order valence-electron chi connectivity index (χ4n) is 3.09. The van der Waals surface area contributed by atoms with Crippen molar-refractivity contribution in [2.24, 2.45) is 18.9 Å². The molecule has 0 aliphatic heterocycles. The van der Waals surface area contributed by atoms with E-state index < -0.39 is 0 Å². The van der Waals surface area contributed by atoms with Gasteiger partial charge < -0.3 is 0 Å². The maximum atomic E-state index is 11.9. The first kappa shape index (κ1) is 13.3. The second-order valence-electron chi connectivity index (χ2n) is 5.65. The maximum Gasteiger partial charge on any atom is 0.136 e. The van der Waals surface area contributed by atoms with Gasteiger partial charge >= 0.3 is 0 Å². The van der Waals surface area contributed by atoms with E-state index >= 15 is 0 Å². The minimum Gasteiger partial charge on any atom is -0.299 e. The Labute approximate surface area is 110 Å². The van der Waals surface area contributed by atoms with Crippen LogP contribution in [0.3, 0.4) is 0 Å². The molecule has 2 unspecified atom stereocenters. The minimum atomic E-state index is 0.301. The third kappa shape index (κ3) is 3.44. The van der Waals surface area contributed by atoms with E-state index in [1.807, 2.05) is 17.9 Å². The van der Waals surface area contributed by atoms with Gasteiger partial charge in [-0.05, 0) is 37.2 Å². The van der Waals surface area contributed by atoms with Gasteiger partial charge in [0.1, 0.15) is 5.78 Å². The molecular formula is C15H24N2O. The Morgan fingerprint density at radius 2 is 2.28 bits per heavy atom. The lowest BCUT2D eigenvalue weighted by Crippen LogP contribution is -2.25. The fraction of sp³-hybridized carbons (Fsp3) is 0.733. The minimum absolute atomic E-state index is 0.301. The Morgan fingerprint density at radius 1 is 1.44 bits per heavy atom.